The number of rotatable bonds is 10. The van der Waals surface area contributed by atoms with Crippen LogP contribution in [0.25, 0.3) is 0 Å². The summed E-state index contributed by atoms with van der Waals surface area (Å²) in [7, 11) is 0. The molecule has 0 bridgehead atoms. The van der Waals surface area contributed by atoms with E-state index in [-0.39, 0.29) is 6.10 Å². The first-order valence-corrected chi connectivity index (χ1v) is 8.46. The molecule has 4 heteroatoms. The van der Waals surface area contributed by atoms with Crippen LogP contribution < -0.4 is 14.8 Å². The van der Waals surface area contributed by atoms with Crippen LogP contribution in [0.1, 0.15) is 19.4 Å². The zero-order chi connectivity index (χ0) is 17.2. The van der Waals surface area contributed by atoms with Gasteiger partial charge in [-0.15, -0.1) is 0 Å². The highest BCUT2D eigenvalue weighted by molar-refractivity contribution is 5.56. The SMILES string of the molecule is CCOCCOc1ccccc1NCC(C)Oc1ccccc1C. The van der Waals surface area contributed by atoms with Gasteiger partial charge >= 0.3 is 0 Å². The molecule has 0 radical (unpaired) electrons. The Morgan fingerprint density at radius 1 is 0.958 bits per heavy atom. The first-order chi connectivity index (χ1) is 11.7. The third kappa shape index (κ3) is 5.78. The molecule has 1 unspecified atom stereocenters. The Morgan fingerprint density at radius 2 is 1.67 bits per heavy atom. The van der Waals surface area contributed by atoms with E-state index < -0.39 is 0 Å². The summed E-state index contributed by atoms with van der Waals surface area (Å²) in [5.74, 6) is 1.76. The lowest BCUT2D eigenvalue weighted by molar-refractivity contribution is 0.110. The highest BCUT2D eigenvalue weighted by Crippen LogP contribution is 2.24. The summed E-state index contributed by atoms with van der Waals surface area (Å²) in [6.45, 7) is 8.62. The summed E-state index contributed by atoms with van der Waals surface area (Å²) in [4.78, 5) is 0. The molecule has 2 aromatic rings. The van der Waals surface area contributed by atoms with Crippen molar-refractivity contribution in [1.29, 1.82) is 0 Å². The van der Waals surface area contributed by atoms with Crippen LogP contribution in [-0.2, 0) is 4.74 Å². The molecule has 0 aliphatic heterocycles. The van der Waals surface area contributed by atoms with E-state index in [0.717, 1.165) is 22.7 Å². The third-order valence-electron chi connectivity index (χ3n) is 3.58. The molecular weight excluding hydrogens is 302 g/mol. The van der Waals surface area contributed by atoms with Crippen molar-refractivity contribution in [2.24, 2.45) is 0 Å². The average Bonchev–Trinajstić information content (AvgIpc) is 2.60. The second kappa shape index (κ2) is 9.83. The van der Waals surface area contributed by atoms with Crippen LogP contribution in [0.5, 0.6) is 11.5 Å². The number of ether oxygens (including phenoxy) is 3. The molecule has 1 N–H and O–H groups in total. The van der Waals surface area contributed by atoms with Crippen LogP contribution >= 0.6 is 0 Å². The predicted octanol–water partition coefficient (Wildman–Crippen LogP) is 4.29. The van der Waals surface area contributed by atoms with Gasteiger partial charge in [0.25, 0.3) is 0 Å². The number of para-hydroxylation sites is 3. The van der Waals surface area contributed by atoms with Crippen molar-refractivity contribution in [2.75, 3.05) is 31.7 Å². The maximum atomic E-state index is 6.00. The quantitative estimate of drug-likeness (QED) is 0.660. The van der Waals surface area contributed by atoms with Crippen LogP contribution in [0.2, 0.25) is 0 Å². The molecule has 0 saturated heterocycles. The lowest BCUT2D eigenvalue weighted by Gasteiger charge is -2.19. The van der Waals surface area contributed by atoms with Gasteiger partial charge < -0.3 is 19.5 Å². The Bertz CT molecular complexity index is 615. The number of nitrogens with one attached hydrogen (secondary N) is 1. The van der Waals surface area contributed by atoms with Gasteiger partial charge in [0.1, 0.15) is 24.2 Å². The van der Waals surface area contributed by atoms with E-state index in [1.165, 1.54) is 0 Å². The van der Waals surface area contributed by atoms with Crippen molar-refractivity contribution >= 4 is 5.69 Å². The molecule has 130 valence electrons. The molecule has 0 aromatic heterocycles. The molecule has 0 heterocycles. The van der Waals surface area contributed by atoms with Crippen molar-refractivity contribution in [3.63, 3.8) is 0 Å². The zero-order valence-corrected chi connectivity index (χ0v) is 14.7. The van der Waals surface area contributed by atoms with Gasteiger partial charge in [-0.25, -0.2) is 0 Å². The monoisotopic (exact) mass is 329 g/mol. The molecular formula is C20H27NO3. The van der Waals surface area contributed by atoms with Crippen molar-refractivity contribution in [3.8, 4) is 11.5 Å². The minimum absolute atomic E-state index is 0.0441. The first kappa shape index (κ1) is 18.1. The molecule has 4 nitrogen and oxygen atoms in total. The van der Waals surface area contributed by atoms with E-state index in [0.29, 0.717) is 26.4 Å². The van der Waals surface area contributed by atoms with E-state index in [4.69, 9.17) is 14.2 Å². The standard InChI is InChI=1S/C20H27NO3/c1-4-22-13-14-23-20-12-8-6-10-18(20)21-15-17(3)24-19-11-7-5-9-16(19)2/h5-12,17,21H,4,13-15H2,1-3H3. The van der Waals surface area contributed by atoms with E-state index in [1.54, 1.807) is 0 Å². The van der Waals surface area contributed by atoms with Crippen LogP contribution in [0, 0.1) is 6.92 Å². The summed E-state index contributed by atoms with van der Waals surface area (Å²) >= 11 is 0. The predicted molar refractivity (Wildman–Crippen MR) is 98.2 cm³/mol. The lowest BCUT2D eigenvalue weighted by atomic mass is 10.2. The van der Waals surface area contributed by atoms with E-state index in [1.807, 2.05) is 49.4 Å². The van der Waals surface area contributed by atoms with Gasteiger partial charge in [0, 0.05) is 6.61 Å². The van der Waals surface area contributed by atoms with Crippen LogP contribution in [0.3, 0.4) is 0 Å². The zero-order valence-electron chi connectivity index (χ0n) is 14.7. The number of hydrogen-bond donors (Lipinski definition) is 1. The molecule has 0 fully saturated rings. The fourth-order valence-electron chi connectivity index (χ4n) is 2.29. The molecule has 1 atom stereocenters. The molecule has 24 heavy (non-hydrogen) atoms. The second-order valence-electron chi connectivity index (χ2n) is 5.62. The smallest absolute Gasteiger partial charge is 0.142 e. The average molecular weight is 329 g/mol. The highest BCUT2D eigenvalue weighted by atomic mass is 16.5. The Morgan fingerprint density at radius 3 is 2.42 bits per heavy atom. The van der Waals surface area contributed by atoms with Gasteiger partial charge in [-0.1, -0.05) is 30.3 Å². The number of benzene rings is 2. The lowest BCUT2D eigenvalue weighted by Crippen LogP contribution is -2.23. The molecule has 2 rings (SSSR count). The maximum absolute atomic E-state index is 6.00. The van der Waals surface area contributed by atoms with Crippen LogP contribution in [0.4, 0.5) is 5.69 Å². The summed E-state index contributed by atoms with van der Waals surface area (Å²) in [6, 6.07) is 16.0. The van der Waals surface area contributed by atoms with E-state index in [2.05, 4.69) is 25.2 Å². The molecule has 0 aliphatic carbocycles. The first-order valence-electron chi connectivity index (χ1n) is 8.46. The van der Waals surface area contributed by atoms with E-state index >= 15 is 0 Å². The third-order valence-corrected chi connectivity index (χ3v) is 3.58. The fraction of sp³-hybridized carbons (Fsp3) is 0.400. The van der Waals surface area contributed by atoms with Crippen molar-refractivity contribution in [1.82, 2.24) is 0 Å². The van der Waals surface area contributed by atoms with Crippen molar-refractivity contribution < 1.29 is 14.2 Å². The molecule has 0 amide bonds. The fourth-order valence-corrected chi connectivity index (χ4v) is 2.29. The van der Waals surface area contributed by atoms with Crippen LogP contribution in [-0.4, -0.2) is 32.5 Å². The van der Waals surface area contributed by atoms with Gasteiger partial charge in [-0.05, 0) is 44.5 Å². The molecule has 2 aromatic carbocycles. The van der Waals surface area contributed by atoms with E-state index in [9.17, 15) is 0 Å². The van der Waals surface area contributed by atoms with Crippen molar-refractivity contribution in [2.45, 2.75) is 26.9 Å². The number of aryl methyl sites for hydroxylation is 1. The molecule has 0 aliphatic rings. The second-order valence-corrected chi connectivity index (χ2v) is 5.62. The molecule has 0 saturated carbocycles. The number of anilines is 1. The molecule has 0 spiro atoms. The number of hydrogen-bond acceptors (Lipinski definition) is 4. The Kier molecular flexibility index (Phi) is 7.43. The summed E-state index contributed by atoms with van der Waals surface area (Å²) < 4.78 is 17.1. The van der Waals surface area contributed by atoms with Gasteiger partial charge in [0.2, 0.25) is 0 Å². The Balaban J connectivity index is 1.86. The summed E-state index contributed by atoms with van der Waals surface area (Å²) in [6.07, 6.45) is 0.0441. The highest BCUT2D eigenvalue weighted by Gasteiger charge is 2.08. The largest absolute Gasteiger partial charge is 0.489 e. The Labute approximate surface area is 144 Å². The Hall–Kier alpha value is -2.20. The summed E-state index contributed by atoms with van der Waals surface area (Å²) in [5.41, 5.74) is 2.11. The van der Waals surface area contributed by atoms with Crippen molar-refractivity contribution in [3.05, 3.63) is 54.1 Å². The minimum atomic E-state index is 0.0441. The normalized spacial score (nSPS) is 11.8. The topological polar surface area (TPSA) is 39.7 Å². The summed E-state index contributed by atoms with van der Waals surface area (Å²) in [5, 5.41) is 3.40. The van der Waals surface area contributed by atoms with Gasteiger partial charge in [-0.2, -0.15) is 0 Å². The van der Waals surface area contributed by atoms with Crippen LogP contribution in [0.15, 0.2) is 48.5 Å². The van der Waals surface area contributed by atoms with Gasteiger partial charge in [0.15, 0.2) is 0 Å². The van der Waals surface area contributed by atoms with Gasteiger partial charge in [0.05, 0.1) is 18.8 Å². The van der Waals surface area contributed by atoms with Gasteiger partial charge in [-0.3, -0.25) is 0 Å². The minimum Gasteiger partial charge on any atom is -0.489 e. The maximum Gasteiger partial charge on any atom is 0.142 e.